The van der Waals surface area contributed by atoms with E-state index in [0.29, 0.717) is 0 Å². The molecule has 0 rings (SSSR count). The first-order valence-corrected chi connectivity index (χ1v) is 6.48. The summed E-state index contributed by atoms with van der Waals surface area (Å²) in [6.45, 7) is 7.06. The zero-order valence-corrected chi connectivity index (χ0v) is 11.3. The molecule has 102 valence electrons. The zero-order valence-electron chi connectivity index (χ0n) is 11.3. The molecule has 0 aliphatic carbocycles. The van der Waals surface area contributed by atoms with Crippen LogP contribution in [0.2, 0.25) is 0 Å². The van der Waals surface area contributed by atoms with Gasteiger partial charge in [0.1, 0.15) is 12.2 Å². The van der Waals surface area contributed by atoms with Crippen molar-refractivity contribution in [1.82, 2.24) is 0 Å². The van der Waals surface area contributed by atoms with Crippen LogP contribution in [0.15, 0.2) is 37.5 Å². The first kappa shape index (κ1) is 17.3. The quantitative estimate of drug-likeness (QED) is 0.399. The van der Waals surface area contributed by atoms with Gasteiger partial charge < -0.3 is 10.2 Å². The lowest BCUT2D eigenvalue weighted by Gasteiger charge is -1.96. The van der Waals surface area contributed by atoms with Gasteiger partial charge in [-0.15, -0.1) is 6.58 Å². The van der Waals surface area contributed by atoms with Crippen molar-refractivity contribution in [3.63, 3.8) is 0 Å². The van der Waals surface area contributed by atoms with E-state index in [1.165, 1.54) is 18.9 Å². The van der Waals surface area contributed by atoms with Crippen molar-refractivity contribution in [2.45, 2.75) is 44.3 Å². The Balaban J connectivity index is 3.80. The molecule has 0 unspecified atom stereocenters. The predicted octanol–water partition coefficient (Wildman–Crippen LogP) is 2.59. The maximum atomic E-state index is 9.49. The minimum absolute atomic E-state index is 0.802. The van der Waals surface area contributed by atoms with E-state index in [1.54, 1.807) is 6.08 Å². The first-order chi connectivity index (χ1) is 9.20. The van der Waals surface area contributed by atoms with Gasteiger partial charge in [0.25, 0.3) is 0 Å². The van der Waals surface area contributed by atoms with Crippen LogP contribution in [0, 0.1) is 23.7 Å². The first-order valence-electron chi connectivity index (χ1n) is 6.48. The van der Waals surface area contributed by atoms with E-state index in [9.17, 15) is 5.11 Å². The summed E-state index contributed by atoms with van der Waals surface area (Å²) in [6.07, 6.45) is 10.6. The molecule has 0 saturated carbocycles. The van der Waals surface area contributed by atoms with E-state index < -0.39 is 12.2 Å². The predicted molar refractivity (Wildman–Crippen MR) is 80.2 cm³/mol. The number of aliphatic hydroxyl groups excluding tert-OH is 2. The van der Waals surface area contributed by atoms with Gasteiger partial charge >= 0.3 is 0 Å². The van der Waals surface area contributed by atoms with Crippen LogP contribution in [-0.2, 0) is 0 Å². The Hall–Kier alpha value is -1.74. The molecule has 0 aromatic carbocycles. The molecule has 19 heavy (non-hydrogen) atoms. The Morgan fingerprint density at radius 3 is 2.16 bits per heavy atom. The second-order valence-electron chi connectivity index (χ2n) is 4.02. The third-order valence-electron chi connectivity index (χ3n) is 2.32. The molecule has 0 aliphatic heterocycles. The van der Waals surface area contributed by atoms with Gasteiger partial charge in [-0.3, -0.25) is 0 Å². The van der Waals surface area contributed by atoms with Crippen LogP contribution in [0.25, 0.3) is 0 Å². The van der Waals surface area contributed by atoms with Gasteiger partial charge in [-0.25, -0.2) is 0 Å². The largest absolute Gasteiger partial charge is 0.377 e. The van der Waals surface area contributed by atoms with Crippen LogP contribution in [-0.4, -0.2) is 22.4 Å². The third kappa shape index (κ3) is 12.5. The molecule has 0 aromatic rings. The number of unbranched alkanes of at least 4 members (excludes halogenated alkanes) is 4. The highest BCUT2D eigenvalue weighted by atomic mass is 16.3. The van der Waals surface area contributed by atoms with Crippen molar-refractivity contribution in [3.8, 4) is 23.7 Å². The second-order valence-corrected chi connectivity index (χ2v) is 4.02. The highest BCUT2D eigenvalue weighted by molar-refractivity contribution is 5.31. The molecule has 0 saturated heterocycles. The van der Waals surface area contributed by atoms with Gasteiger partial charge in [-0.05, 0) is 43.6 Å². The zero-order chi connectivity index (χ0) is 14.3. The van der Waals surface area contributed by atoms with Gasteiger partial charge in [0, 0.05) is 0 Å². The van der Waals surface area contributed by atoms with E-state index in [0.717, 1.165) is 19.3 Å². The molecule has 0 fully saturated rings. The molecule has 2 nitrogen and oxygen atoms in total. The number of hydrogen-bond donors (Lipinski definition) is 2. The van der Waals surface area contributed by atoms with Gasteiger partial charge in [-0.1, -0.05) is 43.1 Å². The summed E-state index contributed by atoms with van der Waals surface area (Å²) in [5, 5.41) is 18.5. The van der Waals surface area contributed by atoms with Crippen molar-refractivity contribution in [3.05, 3.63) is 37.5 Å². The van der Waals surface area contributed by atoms with E-state index in [4.69, 9.17) is 5.11 Å². The number of aliphatic hydroxyl groups is 2. The molecular weight excluding hydrogens is 236 g/mol. The second kappa shape index (κ2) is 12.7. The van der Waals surface area contributed by atoms with Gasteiger partial charge in [0.05, 0.1) is 0 Å². The topological polar surface area (TPSA) is 40.5 Å². The minimum Gasteiger partial charge on any atom is -0.377 e. The highest BCUT2D eigenvalue weighted by Gasteiger charge is 1.90. The van der Waals surface area contributed by atoms with E-state index >= 15 is 0 Å². The summed E-state index contributed by atoms with van der Waals surface area (Å²) in [5.41, 5.74) is 0. The highest BCUT2D eigenvalue weighted by Crippen LogP contribution is 2.04. The summed E-state index contributed by atoms with van der Waals surface area (Å²) in [4.78, 5) is 0. The summed E-state index contributed by atoms with van der Waals surface area (Å²) in [5.74, 6) is 9.96. The van der Waals surface area contributed by atoms with Crippen LogP contribution in [0.5, 0.6) is 0 Å². The Morgan fingerprint density at radius 1 is 0.895 bits per heavy atom. The lowest BCUT2D eigenvalue weighted by atomic mass is 10.1. The molecule has 0 heterocycles. The Bertz CT molecular complexity index is 398. The molecule has 0 spiro atoms. The molecular formula is C17H22O2. The van der Waals surface area contributed by atoms with Gasteiger partial charge in [-0.2, -0.15) is 0 Å². The average molecular weight is 258 g/mol. The maximum Gasteiger partial charge on any atom is 0.134 e. The summed E-state index contributed by atoms with van der Waals surface area (Å²) in [7, 11) is 0. The van der Waals surface area contributed by atoms with Crippen LogP contribution >= 0.6 is 0 Å². The van der Waals surface area contributed by atoms with Crippen molar-refractivity contribution < 1.29 is 10.2 Å². The van der Waals surface area contributed by atoms with E-state index in [2.05, 4.69) is 36.8 Å². The average Bonchev–Trinajstić information content (AvgIpc) is 2.42. The molecule has 2 atom stereocenters. The Morgan fingerprint density at radius 2 is 1.53 bits per heavy atom. The van der Waals surface area contributed by atoms with Crippen molar-refractivity contribution in [1.29, 1.82) is 0 Å². The summed E-state index contributed by atoms with van der Waals surface area (Å²) in [6, 6.07) is 0. The molecule has 2 N–H and O–H groups in total. The Kier molecular flexibility index (Phi) is 11.5. The fourth-order valence-electron chi connectivity index (χ4n) is 1.28. The standard InChI is InChI=1S/C17H22O2/c1-3-5-6-7-8-9-10-14-17(19)15-12-11-13-16(18)4-2/h3-4,10,14,16-19H,1-2,5-9H2/b14-10+/t16-,17-/m1/s1. The van der Waals surface area contributed by atoms with Crippen LogP contribution in [0.3, 0.4) is 0 Å². The van der Waals surface area contributed by atoms with Gasteiger partial charge in [0.15, 0.2) is 0 Å². The fourth-order valence-corrected chi connectivity index (χ4v) is 1.28. The van der Waals surface area contributed by atoms with Crippen molar-refractivity contribution >= 4 is 0 Å². The SMILES string of the molecule is C=CCCCCC/C=C/[C@@H](O)C#CC#C[C@H](O)C=C. The van der Waals surface area contributed by atoms with Crippen molar-refractivity contribution in [2.24, 2.45) is 0 Å². The molecule has 0 aliphatic rings. The number of hydrogen-bond acceptors (Lipinski definition) is 2. The Labute approximate surface area is 116 Å². The fraction of sp³-hybridized carbons (Fsp3) is 0.412. The van der Waals surface area contributed by atoms with Crippen LogP contribution in [0.4, 0.5) is 0 Å². The number of allylic oxidation sites excluding steroid dienone is 2. The molecule has 0 radical (unpaired) electrons. The third-order valence-corrected chi connectivity index (χ3v) is 2.32. The van der Waals surface area contributed by atoms with Crippen LogP contribution < -0.4 is 0 Å². The monoisotopic (exact) mass is 258 g/mol. The van der Waals surface area contributed by atoms with E-state index in [1.807, 2.05) is 12.2 Å². The summed E-state index contributed by atoms with van der Waals surface area (Å²) >= 11 is 0. The lowest BCUT2D eigenvalue weighted by molar-refractivity contribution is 0.280. The molecule has 2 heteroatoms. The smallest absolute Gasteiger partial charge is 0.134 e. The van der Waals surface area contributed by atoms with E-state index in [-0.39, 0.29) is 0 Å². The van der Waals surface area contributed by atoms with Crippen LogP contribution in [0.1, 0.15) is 32.1 Å². The lowest BCUT2D eigenvalue weighted by Crippen LogP contribution is -1.97. The molecule has 0 aromatic heterocycles. The normalized spacial score (nSPS) is 12.7. The van der Waals surface area contributed by atoms with Gasteiger partial charge in [0.2, 0.25) is 0 Å². The number of rotatable bonds is 8. The molecule has 0 amide bonds. The summed E-state index contributed by atoms with van der Waals surface area (Å²) < 4.78 is 0. The van der Waals surface area contributed by atoms with Crippen molar-refractivity contribution in [2.75, 3.05) is 0 Å². The minimum atomic E-state index is -0.863. The molecule has 0 bridgehead atoms. The maximum absolute atomic E-state index is 9.49.